The zero-order valence-electron chi connectivity index (χ0n) is 6.69. The van der Waals surface area contributed by atoms with Gasteiger partial charge >= 0.3 is 5.97 Å². The normalized spacial score (nSPS) is 20.8. The summed E-state index contributed by atoms with van der Waals surface area (Å²) in [5.74, 6) is -0.783. The maximum atomic E-state index is 11.4. The van der Waals surface area contributed by atoms with Gasteiger partial charge in [-0.3, -0.25) is 4.79 Å². The van der Waals surface area contributed by atoms with Gasteiger partial charge < -0.3 is 10.5 Å². The SMILES string of the molecule is NC1C(=O)Oc2ccccc2C1=O. The molecule has 1 aliphatic heterocycles. The number of nitrogens with two attached hydrogens (primary N) is 1. The number of benzene rings is 1. The van der Waals surface area contributed by atoms with E-state index < -0.39 is 12.0 Å². The maximum Gasteiger partial charge on any atom is 0.336 e. The van der Waals surface area contributed by atoms with E-state index in [1.165, 1.54) is 0 Å². The lowest BCUT2D eigenvalue weighted by Crippen LogP contribution is -2.44. The van der Waals surface area contributed by atoms with Crippen molar-refractivity contribution in [2.45, 2.75) is 6.04 Å². The quantitative estimate of drug-likeness (QED) is 0.347. The topological polar surface area (TPSA) is 69.4 Å². The van der Waals surface area contributed by atoms with E-state index in [2.05, 4.69) is 0 Å². The van der Waals surface area contributed by atoms with Gasteiger partial charge in [-0.05, 0) is 12.1 Å². The molecule has 2 N–H and O–H groups in total. The van der Waals surface area contributed by atoms with Crippen LogP contribution in [0.5, 0.6) is 5.75 Å². The molecule has 13 heavy (non-hydrogen) atoms. The maximum absolute atomic E-state index is 11.4. The highest BCUT2D eigenvalue weighted by molar-refractivity contribution is 6.16. The Morgan fingerprint density at radius 3 is 2.69 bits per heavy atom. The van der Waals surface area contributed by atoms with E-state index in [1.54, 1.807) is 24.3 Å². The third-order valence-electron chi connectivity index (χ3n) is 1.90. The lowest BCUT2D eigenvalue weighted by atomic mass is 10.0. The van der Waals surface area contributed by atoms with E-state index in [4.69, 9.17) is 10.5 Å². The molecule has 4 heteroatoms. The fourth-order valence-corrected chi connectivity index (χ4v) is 1.21. The zero-order chi connectivity index (χ0) is 9.42. The van der Waals surface area contributed by atoms with Crippen molar-refractivity contribution in [3.05, 3.63) is 29.8 Å². The van der Waals surface area contributed by atoms with Gasteiger partial charge in [0.15, 0.2) is 11.8 Å². The molecule has 1 heterocycles. The van der Waals surface area contributed by atoms with Crippen molar-refractivity contribution >= 4 is 11.8 Å². The molecule has 0 fully saturated rings. The summed E-state index contributed by atoms with van der Waals surface area (Å²) in [6.07, 6.45) is 0. The number of fused-ring (bicyclic) bond motifs is 1. The van der Waals surface area contributed by atoms with Gasteiger partial charge in [-0.2, -0.15) is 0 Å². The Balaban J connectivity index is 2.55. The van der Waals surface area contributed by atoms with E-state index in [1.807, 2.05) is 0 Å². The molecule has 1 unspecified atom stereocenters. The Morgan fingerprint density at radius 1 is 1.23 bits per heavy atom. The molecule has 1 aliphatic rings. The first kappa shape index (κ1) is 7.94. The average molecular weight is 177 g/mol. The number of Topliss-reactive ketones (excluding diaryl/α,β-unsaturated/α-hetero) is 1. The first-order valence-electron chi connectivity index (χ1n) is 3.80. The molecule has 1 aromatic carbocycles. The Bertz CT molecular complexity index is 386. The highest BCUT2D eigenvalue weighted by Crippen LogP contribution is 2.23. The van der Waals surface area contributed by atoms with Gasteiger partial charge in [0.05, 0.1) is 5.56 Å². The van der Waals surface area contributed by atoms with E-state index >= 15 is 0 Å². The van der Waals surface area contributed by atoms with Crippen LogP contribution in [0.15, 0.2) is 24.3 Å². The van der Waals surface area contributed by atoms with Crippen LogP contribution in [-0.4, -0.2) is 17.8 Å². The Kier molecular flexibility index (Phi) is 1.63. The van der Waals surface area contributed by atoms with Crippen LogP contribution >= 0.6 is 0 Å². The minimum atomic E-state index is -1.17. The number of ketones is 1. The number of hydrogen-bond acceptors (Lipinski definition) is 4. The number of rotatable bonds is 0. The second kappa shape index (κ2) is 2.67. The van der Waals surface area contributed by atoms with Crippen molar-refractivity contribution in [1.82, 2.24) is 0 Å². The van der Waals surface area contributed by atoms with Gasteiger partial charge in [-0.1, -0.05) is 12.1 Å². The smallest absolute Gasteiger partial charge is 0.336 e. The molecule has 0 aliphatic carbocycles. The average Bonchev–Trinajstić information content (AvgIpc) is 2.15. The van der Waals surface area contributed by atoms with Crippen LogP contribution in [0.2, 0.25) is 0 Å². The minimum Gasteiger partial charge on any atom is -0.424 e. The monoisotopic (exact) mass is 177 g/mol. The third-order valence-corrected chi connectivity index (χ3v) is 1.90. The van der Waals surface area contributed by atoms with Gasteiger partial charge in [0.25, 0.3) is 0 Å². The second-order valence-electron chi connectivity index (χ2n) is 2.76. The van der Waals surface area contributed by atoms with E-state index in [-0.39, 0.29) is 5.78 Å². The molecule has 4 nitrogen and oxygen atoms in total. The van der Waals surface area contributed by atoms with Crippen molar-refractivity contribution in [3.63, 3.8) is 0 Å². The molecule has 0 aromatic heterocycles. The second-order valence-corrected chi connectivity index (χ2v) is 2.76. The fourth-order valence-electron chi connectivity index (χ4n) is 1.21. The van der Waals surface area contributed by atoms with Crippen LogP contribution in [0.4, 0.5) is 0 Å². The molecule has 1 atom stereocenters. The number of hydrogen-bond donors (Lipinski definition) is 1. The van der Waals surface area contributed by atoms with Gasteiger partial charge in [0.2, 0.25) is 0 Å². The fraction of sp³-hybridized carbons (Fsp3) is 0.111. The lowest BCUT2D eigenvalue weighted by Gasteiger charge is -2.18. The number of carbonyl (C=O) groups excluding carboxylic acids is 2. The molecular formula is C9H7NO3. The summed E-state index contributed by atoms with van der Waals surface area (Å²) < 4.78 is 4.83. The summed E-state index contributed by atoms with van der Waals surface area (Å²) >= 11 is 0. The predicted octanol–water partition coefficient (Wildman–Crippen LogP) is 0.116. The Hall–Kier alpha value is -1.68. The van der Waals surface area contributed by atoms with Crippen molar-refractivity contribution in [1.29, 1.82) is 0 Å². The molecule has 0 saturated carbocycles. The summed E-state index contributed by atoms with van der Waals surface area (Å²) in [7, 11) is 0. The molecule has 0 spiro atoms. The third kappa shape index (κ3) is 1.11. The molecule has 0 amide bonds. The summed E-state index contributed by atoms with van der Waals surface area (Å²) in [5.41, 5.74) is 5.68. The predicted molar refractivity (Wildman–Crippen MR) is 44.4 cm³/mol. The lowest BCUT2D eigenvalue weighted by molar-refractivity contribution is -0.135. The van der Waals surface area contributed by atoms with Gasteiger partial charge in [-0.15, -0.1) is 0 Å². The molecule has 0 bridgehead atoms. The molecule has 0 radical (unpaired) electrons. The first-order valence-corrected chi connectivity index (χ1v) is 3.80. The van der Waals surface area contributed by atoms with Crippen LogP contribution in [0.1, 0.15) is 10.4 Å². The number of ether oxygens (including phenoxy) is 1. The summed E-state index contributed by atoms with van der Waals surface area (Å²) in [6, 6.07) is 5.37. The number of esters is 1. The molecule has 0 saturated heterocycles. The van der Waals surface area contributed by atoms with Crippen LogP contribution in [0.3, 0.4) is 0 Å². The number of para-hydroxylation sites is 1. The highest BCUT2D eigenvalue weighted by atomic mass is 16.5. The molecule has 66 valence electrons. The summed E-state index contributed by atoms with van der Waals surface area (Å²) in [6.45, 7) is 0. The van der Waals surface area contributed by atoms with Crippen molar-refractivity contribution in [3.8, 4) is 5.75 Å². The summed E-state index contributed by atoms with van der Waals surface area (Å²) in [5, 5.41) is 0. The van der Waals surface area contributed by atoms with Gasteiger partial charge in [0.1, 0.15) is 5.75 Å². The Labute approximate surface area is 74.3 Å². The molecule has 2 rings (SSSR count). The first-order chi connectivity index (χ1) is 6.20. The summed E-state index contributed by atoms with van der Waals surface area (Å²) in [4.78, 5) is 22.4. The van der Waals surface area contributed by atoms with E-state index in [9.17, 15) is 9.59 Å². The van der Waals surface area contributed by atoms with Crippen molar-refractivity contribution in [2.75, 3.05) is 0 Å². The van der Waals surface area contributed by atoms with Gasteiger partial charge in [0, 0.05) is 0 Å². The zero-order valence-corrected chi connectivity index (χ0v) is 6.69. The van der Waals surface area contributed by atoms with Crippen LogP contribution in [-0.2, 0) is 4.79 Å². The van der Waals surface area contributed by atoms with Gasteiger partial charge in [-0.25, -0.2) is 4.79 Å². The largest absolute Gasteiger partial charge is 0.424 e. The van der Waals surface area contributed by atoms with Crippen molar-refractivity contribution in [2.24, 2.45) is 5.73 Å². The number of carbonyl (C=O) groups is 2. The molecule has 1 aromatic rings. The minimum absolute atomic E-state index is 0.291. The Morgan fingerprint density at radius 2 is 1.92 bits per heavy atom. The van der Waals surface area contributed by atoms with E-state index in [0.717, 1.165) is 0 Å². The standard InChI is InChI=1S/C9H7NO3/c10-7-8(11)5-3-1-2-4-6(5)13-9(7)12/h1-4,7H,10H2. The van der Waals surface area contributed by atoms with Crippen LogP contribution < -0.4 is 10.5 Å². The molecular weight excluding hydrogens is 170 g/mol. The van der Waals surface area contributed by atoms with E-state index in [0.29, 0.717) is 11.3 Å². The van der Waals surface area contributed by atoms with Crippen molar-refractivity contribution < 1.29 is 14.3 Å². The highest BCUT2D eigenvalue weighted by Gasteiger charge is 2.32. The van der Waals surface area contributed by atoms with Crippen LogP contribution in [0.25, 0.3) is 0 Å². The van der Waals surface area contributed by atoms with Crippen LogP contribution in [0, 0.1) is 0 Å².